The standard InChI is InChI=1S/C14H20ClFN2/c1-9-7-18(8-10(9)2)14(6-17)11-3-4-13(16)12(15)5-11/h3-5,9-10,14H,6-8,17H2,1-2H3. The van der Waals surface area contributed by atoms with Gasteiger partial charge in [-0.2, -0.15) is 0 Å². The molecule has 4 heteroatoms. The molecule has 0 spiro atoms. The summed E-state index contributed by atoms with van der Waals surface area (Å²) < 4.78 is 13.2. The van der Waals surface area contributed by atoms with E-state index in [9.17, 15) is 4.39 Å². The SMILES string of the molecule is CC1CN(C(CN)c2ccc(F)c(Cl)c2)CC1C. The Hall–Kier alpha value is -0.640. The summed E-state index contributed by atoms with van der Waals surface area (Å²) in [5.41, 5.74) is 6.89. The van der Waals surface area contributed by atoms with Crippen LogP contribution in [-0.2, 0) is 0 Å². The topological polar surface area (TPSA) is 29.3 Å². The maximum atomic E-state index is 13.2. The summed E-state index contributed by atoms with van der Waals surface area (Å²) in [7, 11) is 0. The van der Waals surface area contributed by atoms with Gasteiger partial charge in [-0.25, -0.2) is 4.39 Å². The summed E-state index contributed by atoms with van der Waals surface area (Å²) in [6.07, 6.45) is 0. The van der Waals surface area contributed by atoms with E-state index < -0.39 is 0 Å². The third-order valence-electron chi connectivity index (χ3n) is 4.01. The summed E-state index contributed by atoms with van der Waals surface area (Å²) >= 11 is 5.84. The van der Waals surface area contributed by atoms with E-state index in [1.54, 1.807) is 12.1 Å². The molecule has 0 radical (unpaired) electrons. The zero-order chi connectivity index (χ0) is 13.3. The predicted molar refractivity (Wildman–Crippen MR) is 73.1 cm³/mol. The van der Waals surface area contributed by atoms with E-state index in [0.717, 1.165) is 18.7 Å². The number of rotatable bonds is 3. The van der Waals surface area contributed by atoms with Crippen LogP contribution in [0, 0.1) is 17.7 Å². The van der Waals surface area contributed by atoms with Crippen molar-refractivity contribution in [3.8, 4) is 0 Å². The molecule has 1 fully saturated rings. The van der Waals surface area contributed by atoms with Gasteiger partial charge in [-0.15, -0.1) is 0 Å². The first-order valence-electron chi connectivity index (χ1n) is 6.42. The van der Waals surface area contributed by atoms with E-state index in [2.05, 4.69) is 18.7 Å². The van der Waals surface area contributed by atoms with Crippen LogP contribution in [0.4, 0.5) is 4.39 Å². The number of hydrogen-bond acceptors (Lipinski definition) is 2. The first-order chi connectivity index (χ1) is 8.52. The lowest BCUT2D eigenvalue weighted by Crippen LogP contribution is -2.32. The summed E-state index contributed by atoms with van der Waals surface area (Å²) in [4.78, 5) is 2.37. The fourth-order valence-corrected chi connectivity index (χ4v) is 2.83. The molecule has 100 valence electrons. The summed E-state index contributed by atoms with van der Waals surface area (Å²) in [6, 6.07) is 5.04. The van der Waals surface area contributed by atoms with Gasteiger partial charge in [0.25, 0.3) is 0 Å². The number of nitrogens with zero attached hydrogens (tertiary/aromatic N) is 1. The van der Waals surface area contributed by atoms with Gasteiger partial charge >= 0.3 is 0 Å². The molecule has 1 saturated heterocycles. The normalized spacial score (nSPS) is 26.5. The summed E-state index contributed by atoms with van der Waals surface area (Å²) in [6.45, 7) is 7.13. The van der Waals surface area contributed by atoms with Gasteiger partial charge in [-0.3, -0.25) is 4.90 Å². The molecule has 1 aliphatic rings. The van der Waals surface area contributed by atoms with E-state index in [0.29, 0.717) is 18.4 Å². The van der Waals surface area contributed by atoms with Crippen LogP contribution in [0.2, 0.25) is 5.02 Å². The fraction of sp³-hybridized carbons (Fsp3) is 0.571. The summed E-state index contributed by atoms with van der Waals surface area (Å²) in [5.74, 6) is 0.976. The second-order valence-electron chi connectivity index (χ2n) is 5.33. The van der Waals surface area contributed by atoms with Crippen molar-refractivity contribution in [3.05, 3.63) is 34.6 Å². The van der Waals surface area contributed by atoms with Crippen molar-refractivity contribution in [2.45, 2.75) is 19.9 Å². The molecule has 18 heavy (non-hydrogen) atoms. The van der Waals surface area contributed by atoms with Crippen molar-refractivity contribution in [2.24, 2.45) is 17.6 Å². The Morgan fingerprint density at radius 2 is 2.00 bits per heavy atom. The van der Waals surface area contributed by atoms with Gasteiger partial charge in [0.15, 0.2) is 0 Å². The largest absolute Gasteiger partial charge is 0.329 e. The monoisotopic (exact) mass is 270 g/mol. The molecule has 2 rings (SSSR count). The van der Waals surface area contributed by atoms with Crippen LogP contribution in [0.15, 0.2) is 18.2 Å². The zero-order valence-corrected chi connectivity index (χ0v) is 11.6. The Morgan fingerprint density at radius 3 is 2.50 bits per heavy atom. The molecule has 3 unspecified atom stereocenters. The van der Waals surface area contributed by atoms with E-state index in [-0.39, 0.29) is 16.9 Å². The van der Waals surface area contributed by atoms with Gasteiger partial charge in [0.1, 0.15) is 5.82 Å². The first-order valence-corrected chi connectivity index (χ1v) is 6.79. The van der Waals surface area contributed by atoms with Crippen molar-refractivity contribution in [2.75, 3.05) is 19.6 Å². The Kier molecular flexibility index (Phi) is 4.25. The highest BCUT2D eigenvalue weighted by atomic mass is 35.5. The maximum absolute atomic E-state index is 13.2. The minimum Gasteiger partial charge on any atom is -0.329 e. The molecule has 1 aromatic carbocycles. The average Bonchev–Trinajstić information content (AvgIpc) is 2.65. The highest BCUT2D eigenvalue weighted by Gasteiger charge is 2.31. The van der Waals surface area contributed by atoms with Crippen LogP contribution in [0.25, 0.3) is 0 Å². The first kappa shape index (κ1) is 13.8. The smallest absolute Gasteiger partial charge is 0.141 e. The maximum Gasteiger partial charge on any atom is 0.141 e. The van der Waals surface area contributed by atoms with Crippen molar-refractivity contribution in [3.63, 3.8) is 0 Å². The molecule has 0 aromatic heterocycles. The highest BCUT2D eigenvalue weighted by molar-refractivity contribution is 6.30. The molecule has 3 atom stereocenters. The van der Waals surface area contributed by atoms with E-state index in [4.69, 9.17) is 17.3 Å². The lowest BCUT2D eigenvalue weighted by molar-refractivity contribution is 0.240. The molecular formula is C14H20ClFN2. The Bertz CT molecular complexity index is 414. The second-order valence-corrected chi connectivity index (χ2v) is 5.74. The quantitative estimate of drug-likeness (QED) is 0.915. The number of hydrogen-bond donors (Lipinski definition) is 1. The molecule has 1 heterocycles. The highest BCUT2D eigenvalue weighted by Crippen LogP contribution is 2.31. The summed E-state index contributed by atoms with van der Waals surface area (Å²) in [5, 5.41) is 0.172. The van der Waals surface area contributed by atoms with Gasteiger partial charge in [0, 0.05) is 25.7 Å². The molecule has 2 nitrogen and oxygen atoms in total. The molecule has 2 N–H and O–H groups in total. The average molecular weight is 271 g/mol. The fourth-order valence-electron chi connectivity index (χ4n) is 2.64. The minimum absolute atomic E-state index is 0.135. The Balaban J connectivity index is 2.20. The molecule has 0 bridgehead atoms. The Labute approximate surface area is 113 Å². The Morgan fingerprint density at radius 1 is 1.39 bits per heavy atom. The number of benzene rings is 1. The van der Waals surface area contributed by atoms with Crippen molar-refractivity contribution < 1.29 is 4.39 Å². The number of likely N-dealkylation sites (tertiary alicyclic amines) is 1. The number of nitrogens with two attached hydrogens (primary N) is 1. The molecule has 0 aliphatic carbocycles. The number of halogens is 2. The van der Waals surface area contributed by atoms with Gasteiger partial charge in [-0.1, -0.05) is 31.5 Å². The van der Waals surface area contributed by atoms with E-state index in [1.807, 2.05) is 0 Å². The van der Waals surface area contributed by atoms with Crippen LogP contribution in [0.5, 0.6) is 0 Å². The van der Waals surface area contributed by atoms with Gasteiger partial charge in [0.05, 0.1) is 5.02 Å². The van der Waals surface area contributed by atoms with Crippen LogP contribution in [-0.4, -0.2) is 24.5 Å². The predicted octanol–water partition coefficient (Wildman–Crippen LogP) is 3.07. The van der Waals surface area contributed by atoms with E-state index in [1.165, 1.54) is 6.07 Å². The van der Waals surface area contributed by atoms with Gasteiger partial charge in [0.2, 0.25) is 0 Å². The van der Waals surface area contributed by atoms with Crippen LogP contribution in [0.3, 0.4) is 0 Å². The molecular weight excluding hydrogens is 251 g/mol. The lowest BCUT2D eigenvalue weighted by atomic mass is 10.0. The molecule has 0 saturated carbocycles. The van der Waals surface area contributed by atoms with Crippen LogP contribution < -0.4 is 5.73 Å². The minimum atomic E-state index is -0.376. The van der Waals surface area contributed by atoms with Crippen LogP contribution >= 0.6 is 11.6 Å². The molecule has 0 amide bonds. The molecule has 1 aromatic rings. The van der Waals surface area contributed by atoms with Crippen molar-refractivity contribution >= 4 is 11.6 Å². The second kappa shape index (κ2) is 5.55. The third-order valence-corrected chi connectivity index (χ3v) is 4.30. The van der Waals surface area contributed by atoms with Gasteiger partial charge < -0.3 is 5.73 Å². The zero-order valence-electron chi connectivity index (χ0n) is 10.9. The third kappa shape index (κ3) is 2.68. The van der Waals surface area contributed by atoms with Crippen molar-refractivity contribution in [1.82, 2.24) is 4.90 Å². The van der Waals surface area contributed by atoms with Gasteiger partial charge in [-0.05, 0) is 29.5 Å². The van der Waals surface area contributed by atoms with Crippen LogP contribution in [0.1, 0.15) is 25.5 Å². The lowest BCUT2D eigenvalue weighted by Gasteiger charge is -2.27. The molecule has 1 aliphatic heterocycles. The van der Waals surface area contributed by atoms with E-state index >= 15 is 0 Å². The van der Waals surface area contributed by atoms with Crippen molar-refractivity contribution in [1.29, 1.82) is 0 Å².